The molecule has 2 nitrogen and oxygen atoms in total. The minimum Gasteiger partial charge on any atom is -0.223 e. The van der Waals surface area contributed by atoms with E-state index in [1.807, 2.05) is 25.1 Å². The van der Waals surface area contributed by atoms with E-state index in [2.05, 4.69) is 29.0 Å². The number of rotatable bonds is 4. The third-order valence-electron chi connectivity index (χ3n) is 3.01. The van der Waals surface area contributed by atoms with Gasteiger partial charge in [-0.15, -0.1) is 0 Å². The van der Waals surface area contributed by atoms with Crippen LogP contribution < -0.4 is 0 Å². The summed E-state index contributed by atoms with van der Waals surface area (Å²) in [7, 11) is 0. The molecular formula is C15H17ClN2. The van der Waals surface area contributed by atoms with Crippen molar-refractivity contribution < 1.29 is 0 Å². The topological polar surface area (TPSA) is 25.8 Å². The molecule has 0 saturated heterocycles. The van der Waals surface area contributed by atoms with Crippen molar-refractivity contribution in [1.82, 2.24) is 9.97 Å². The number of halogens is 1. The van der Waals surface area contributed by atoms with Crippen LogP contribution in [0.4, 0.5) is 0 Å². The molecule has 0 N–H and O–H groups in total. The van der Waals surface area contributed by atoms with Gasteiger partial charge in [0.1, 0.15) is 0 Å². The van der Waals surface area contributed by atoms with Crippen LogP contribution in [-0.4, -0.2) is 9.97 Å². The van der Waals surface area contributed by atoms with Gasteiger partial charge in [0.2, 0.25) is 5.28 Å². The van der Waals surface area contributed by atoms with Gasteiger partial charge in [-0.05, 0) is 36.9 Å². The predicted octanol–water partition coefficient (Wildman–Crippen LogP) is 4.45. The molecule has 2 aromatic rings. The summed E-state index contributed by atoms with van der Waals surface area (Å²) in [5.74, 6) is 0. The van der Waals surface area contributed by atoms with Crippen molar-refractivity contribution in [3.8, 4) is 11.3 Å². The van der Waals surface area contributed by atoms with Crippen molar-refractivity contribution in [2.75, 3.05) is 0 Å². The lowest BCUT2D eigenvalue weighted by Gasteiger charge is -2.11. The van der Waals surface area contributed by atoms with Crippen LogP contribution in [0.3, 0.4) is 0 Å². The summed E-state index contributed by atoms with van der Waals surface area (Å²) in [6.07, 6.45) is 3.31. The molecule has 0 saturated carbocycles. The second-order valence-corrected chi connectivity index (χ2v) is 4.71. The lowest BCUT2D eigenvalue weighted by atomic mass is 10.0. The van der Waals surface area contributed by atoms with Gasteiger partial charge in [-0.25, -0.2) is 9.97 Å². The van der Waals surface area contributed by atoms with Gasteiger partial charge in [0.25, 0.3) is 0 Å². The van der Waals surface area contributed by atoms with Gasteiger partial charge in [0, 0.05) is 11.3 Å². The normalized spacial score (nSPS) is 10.6. The van der Waals surface area contributed by atoms with Crippen LogP contribution in [0.1, 0.15) is 31.0 Å². The van der Waals surface area contributed by atoms with Gasteiger partial charge in [-0.3, -0.25) is 0 Å². The summed E-state index contributed by atoms with van der Waals surface area (Å²) < 4.78 is 0. The first-order valence-electron chi connectivity index (χ1n) is 6.30. The van der Waals surface area contributed by atoms with E-state index in [1.165, 1.54) is 5.56 Å². The van der Waals surface area contributed by atoms with E-state index in [0.29, 0.717) is 5.28 Å². The maximum atomic E-state index is 5.98. The average molecular weight is 261 g/mol. The molecule has 1 heterocycles. The molecule has 0 spiro atoms. The second kappa shape index (κ2) is 5.96. The predicted molar refractivity (Wildman–Crippen MR) is 75.8 cm³/mol. The number of nitrogens with zero attached hydrogens (tertiary/aromatic N) is 2. The number of benzene rings is 1. The first kappa shape index (κ1) is 13.0. The maximum Gasteiger partial charge on any atom is 0.223 e. The summed E-state index contributed by atoms with van der Waals surface area (Å²) in [6, 6.07) is 10.2. The Hall–Kier alpha value is -1.41. The third kappa shape index (κ3) is 2.88. The molecular weight excluding hydrogens is 244 g/mol. The number of unbranched alkanes of at least 4 members (excludes halogenated alkanes) is 1. The van der Waals surface area contributed by atoms with E-state index in [-0.39, 0.29) is 0 Å². The van der Waals surface area contributed by atoms with E-state index in [1.54, 1.807) is 0 Å². The Bertz CT molecular complexity index is 524. The molecule has 2 rings (SSSR count). The maximum absolute atomic E-state index is 5.98. The van der Waals surface area contributed by atoms with Gasteiger partial charge in [0.05, 0.1) is 5.69 Å². The molecule has 0 bridgehead atoms. The standard InChI is InChI=1S/C15H17ClN2/c1-3-4-10-13-11(2)17-15(16)18-14(13)12-8-6-5-7-9-12/h5-9H,3-4,10H2,1-2H3. The number of aryl methyl sites for hydroxylation is 1. The Morgan fingerprint density at radius 2 is 1.83 bits per heavy atom. The fraction of sp³-hybridized carbons (Fsp3) is 0.333. The van der Waals surface area contributed by atoms with Crippen molar-refractivity contribution >= 4 is 11.6 Å². The van der Waals surface area contributed by atoms with Crippen molar-refractivity contribution in [3.05, 3.63) is 46.9 Å². The monoisotopic (exact) mass is 260 g/mol. The van der Waals surface area contributed by atoms with Crippen LogP contribution in [0, 0.1) is 6.92 Å². The van der Waals surface area contributed by atoms with Crippen molar-refractivity contribution in [2.45, 2.75) is 33.1 Å². The van der Waals surface area contributed by atoms with E-state index in [9.17, 15) is 0 Å². The van der Waals surface area contributed by atoms with E-state index < -0.39 is 0 Å². The van der Waals surface area contributed by atoms with Crippen molar-refractivity contribution in [1.29, 1.82) is 0 Å². The Labute approximate surface area is 113 Å². The first-order chi connectivity index (χ1) is 8.72. The van der Waals surface area contributed by atoms with Crippen molar-refractivity contribution in [3.63, 3.8) is 0 Å². The fourth-order valence-electron chi connectivity index (χ4n) is 2.05. The summed E-state index contributed by atoms with van der Waals surface area (Å²) >= 11 is 5.98. The minimum atomic E-state index is 0.326. The molecule has 0 aliphatic heterocycles. The molecule has 0 fully saturated rings. The zero-order valence-corrected chi connectivity index (χ0v) is 11.5. The van der Waals surface area contributed by atoms with Crippen LogP contribution in [-0.2, 0) is 6.42 Å². The Morgan fingerprint density at radius 3 is 2.50 bits per heavy atom. The molecule has 0 aliphatic carbocycles. The van der Waals surface area contributed by atoms with E-state index in [4.69, 9.17) is 11.6 Å². The van der Waals surface area contributed by atoms with Gasteiger partial charge in [-0.2, -0.15) is 0 Å². The molecule has 1 aromatic carbocycles. The van der Waals surface area contributed by atoms with Gasteiger partial charge in [0.15, 0.2) is 0 Å². The van der Waals surface area contributed by atoms with Crippen LogP contribution in [0.2, 0.25) is 5.28 Å². The lowest BCUT2D eigenvalue weighted by Crippen LogP contribution is -2.01. The molecule has 0 unspecified atom stereocenters. The lowest BCUT2D eigenvalue weighted by molar-refractivity contribution is 0.783. The largest absolute Gasteiger partial charge is 0.223 e. The molecule has 1 aromatic heterocycles. The average Bonchev–Trinajstić information content (AvgIpc) is 2.38. The van der Waals surface area contributed by atoms with Crippen molar-refractivity contribution in [2.24, 2.45) is 0 Å². The van der Waals surface area contributed by atoms with Gasteiger partial charge in [-0.1, -0.05) is 43.7 Å². The molecule has 0 radical (unpaired) electrons. The fourth-order valence-corrected chi connectivity index (χ4v) is 2.26. The highest BCUT2D eigenvalue weighted by atomic mass is 35.5. The minimum absolute atomic E-state index is 0.326. The summed E-state index contributed by atoms with van der Waals surface area (Å²) in [5.41, 5.74) is 4.28. The number of hydrogen-bond acceptors (Lipinski definition) is 2. The van der Waals surface area contributed by atoms with Crippen LogP contribution in [0.5, 0.6) is 0 Å². The Morgan fingerprint density at radius 1 is 1.11 bits per heavy atom. The highest BCUT2D eigenvalue weighted by Crippen LogP contribution is 2.26. The highest BCUT2D eigenvalue weighted by Gasteiger charge is 2.12. The first-order valence-corrected chi connectivity index (χ1v) is 6.68. The Balaban J connectivity index is 2.50. The second-order valence-electron chi connectivity index (χ2n) is 4.37. The molecule has 0 amide bonds. The highest BCUT2D eigenvalue weighted by molar-refractivity contribution is 6.28. The zero-order valence-electron chi connectivity index (χ0n) is 10.8. The van der Waals surface area contributed by atoms with Crippen LogP contribution >= 0.6 is 11.6 Å². The molecule has 0 atom stereocenters. The van der Waals surface area contributed by atoms with Crippen LogP contribution in [0.25, 0.3) is 11.3 Å². The number of aromatic nitrogens is 2. The molecule has 0 aliphatic rings. The molecule has 3 heteroatoms. The zero-order chi connectivity index (χ0) is 13.0. The summed E-state index contributed by atoms with van der Waals surface area (Å²) in [5, 5.41) is 0.326. The quantitative estimate of drug-likeness (QED) is 0.759. The molecule has 18 heavy (non-hydrogen) atoms. The smallest absolute Gasteiger partial charge is 0.223 e. The van der Waals surface area contributed by atoms with Crippen LogP contribution in [0.15, 0.2) is 30.3 Å². The number of hydrogen-bond donors (Lipinski definition) is 0. The van der Waals surface area contributed by atoms with Gasteiger partial charge < -0.3 is 0 Å². The third-order valence-corrected chi connectivity index (χ3v) is 3.18. The summed E-state index contributed by atoms with van der Waals surface area (Å²) in [6.45, 7) is 4.19. The Kier molecular flexibility index (Phi) is 4.32. The SMILES string of the molecule is CCCCc1c(C)nc(Cl)nc1-c1ccccc1. The van der Waals surface area contributed by atoms with E-state index >= 15 is 0 Å². The molecule has 94 valence electrons. The summed E-state index contributed by atoms with van der Waals surface area (Å²) in [4.78, 5) is 8.68. The van der Waals surface area contributed by atoms with Gasteiger partial charge >= 0.3 is 0 Å². The van der Waals surface area contributed by atoms with E-state index in [0.717, 1.165) is 36.2 Å².